The molecule has 0 unspecified atom stereocenters. The predicted octanol–water partition coefficient (Wildman–Crippen LogP) is 3.70. The second kappa shape index (κ2) is 4.97. The molecule has 106 valence electrons. The molecule has 6 heteroatoms. The molecule has 0 bridgehead atoms. The van der Waals surface area contributed by atoms with Gasteiger partial charge >= 0.3 is 0 Å². The summed E-state index contributed by atoms with van der Waals surface area (Å²) in [6, 6.07) is 7.89. The molecule has 3 aromatic rings. The molecule has 0 aliphatic carbocycles. The molecule has 0 saturated heterocycles. The maximum atomic E-state index is 13.2. The van der Waals surface area contributed by atoms with Gasteiger partial charge in [0.25, 0.3) is 5.89 Å². The molecule has 0 saturated carbocycles. The van der Waals surface area contributed by atoms with Gasteiger partial charge in [-0.15, -0.1) is 0 Å². The van der Waals surface area contributed by atoms with E-state index in [1.165, 1.54) is 6.07 Å². The quantitative estimate of drug-likeness (QED) is 0.781. The average molecular weight is 288 g/mol. The number of hydrogen-bond donors (Lipinski definition) is 1. The lowest BCUT2D eigenvalue weighted by molar-refractivity contribution is 0.425. The Morgan fingerprint density at radius 2 is 1.76 bits per heavy atom. The number of hydrogen-bond acceptors (Lipinski definition) is 4. The first-order valence-corrected chi connectivity index (χ1v) is 6.13. The van der Waals surface area contributed by atoms with E-state index in [9.17, 15) is 13.9 Å². The van der Waals surface area contributed by atoms with Gasteiger partial charge in [0, 0.05) is 11.6 Å². The molecule has 0 spiro atoms. The van der Waals surface area contributed by atoms with E-state index in [4.69, 9.17) is 4.52 Å². The van der Waals surface area contributed by atoms with Crippen molar-refractivity contribution in [3.63, 3.8) is 0 Å². The lowest BCUT2D eigenvalue weighted by Crippen LogP contribution is -1.86. The fraction of sp³-hybridized carbons (Fsp3) is 0.0667. The zero-order chi connectivity index (χ0) is 15.0. The topological polar surface area (TPSA) is 59.2 Å². The summed E-state index contributed by atoms with van der Waals surface area (Å²) in [5, 5.41) is 13.5. The van der Waals surface area contributed by atoms with Crippen molar-refractivity contribution in [3.05, 3.63) is 53.6 Å². The Morgan fingerprint density at radius 3 is 2.48 bits per heavy atom. The van der Waals surface area contributed by atoms with Crippen LogP contribution in [-0.2, 0) is 0 Å². The fourth-order valence-corrected chi connectivity index (χ4v) is 1.95. The lowest BCUT2D eigenvalue weighted by Gasteiger charge is -2.00. The van der Waals surface area contributed by atoms with Crippen molar-refractivity contribution < 1.29 is 18.4 Å². The number of nitrogens with zero attached hydrogens (tertiary/aromatic N) is 2. The third kappa shape index (κ3) is 2.60. The standard InChI is InChI=1S/C15H10F2N2O2/c1-8-2-3-13(20)12(4-8)15-18-14(19-21-15)9-5-10(16)7-11(17)6-9/h2-7,20H,1H3. The van der Waals surface area contributed by atoms with Gasteiger partial charge < -0.3 is 9.63 Å². The van der Waals surface area contributed by atoms with Gasteiger partial charge in [0.05, 0.1) is 5.56 Å². The number of aryl methyl sites for hydroxylation is 1. The van der Waals surface area contributed by atoms with Gasteiger partial charge in [-0.25, -0.2) is 8.78 Å². The van der Waals surface area contributed by atoms with Crippen molar-refractivity contribution in [2.45, 2.75) is 6.92 Å². The molecule has 0 radical (unpaired) electrons. The Labute approximate surface area is 118 Å². The van der Waals surface area contributed by atoms with Crippen molar-refractivity contribution in [1.29, 1.82) is 0 Å². The smallest absolute Gasteiger partial charge is 0.262 e. The van der Waals surface area contributed by atoms with Crippen molar-refractivity contribution in [3.8, 4) is 28.6 Å². The highest BCUT2D eigenvalue weighted by molar-refractivity contribution is 5.65. The highest BCUT2D eigenvalue weighted by Gasteiger charge is 2.15. The Hall–Kier alpha value is -2.76. The molecule has 21 heavy (non-hydrogen) atoms. The highest BCUT2D eigenvalue weighted by atomic mass is 19.1. The molecule has 0 aliphatic heterocycles. The van der Waals surface area contributed by atoms with Crippen LogP contribution in [0.4, 0.5) is 8.78 Å². The Kier molecular flexibility index (Phi) is 3.13. The van der Waals surface area contributed by atoms with E-state index in [2.05, 4.69) is 10.1 Å². The molecule has 1 aromatic heterocycles. The van der Waals surface area contributed by atoms with E-state index in [1.807, 2.05) is 6.92 Å². The monoisotopic (exact) mass is 288 g/mol. The Balaban J connectivity index is 2.05. The van der Waals surface area contributed by atoms with Crippen molar-refractivity contribution in [1.82, 2.24) is 10.1 Å². The van der Waals surface area contributed by atoms with Crippen LogP contribution in [-0.4, -0.2) is 15.2 Å². The zero-order valence-electron chi connectivity index (χ0n) is 11.0. The summed E-state index contributed by atoms with van der Waals surface area (Å²) in [5.74, 6) is -1.34. The largest absolute Gasteiger partial charge is 0.507 e. The van der Waals surface area contributed by atoms with Crippen LogP contribution in [0.15, 0.2) is 40.9 Å². The number of aromatic hydroxyl groups is 1. The Morgan fingerprint density at radius 1 is 1.05 bits per heavy atom. The van der Waals surface area contributed by atoms with Crippen LogP contribution >= 0.6 is 0 Å². The van der Waals surface area contributed by atoms with Gasteiger partial charge in [-0.2, -0.15) is 4.98 Å². The molecule has 0 aliphatic rings. The Bertz CT molecular complexity index is 795. The van der Waals surface area contributed by atoms with Crippen LogP contribution in [0, 0.1) is 18.6 Å². The van der Waals surface area contributed by atoms with Gasteiger partial charge in [-0.1, -0.05) is 16.8 Å². The molecule has 4 nitrogen and oxygen atoms in total. The van der Waals surface area contributed by atoms with Gasteiger partial charge in [0.15, 0.2) is 0 Å². The molecule has 0 fully saturated rings. The summed E-state index contributed by atoms with van der Waals surface area (Å²) in [5.41, 5.74) is 1.43. The minimum Gasteiger partial charge on any atom is -0.507 e. The summed E-state index contributed by atoms with van der Waals surface area (Å²) < 4.78 is 31.4. The normalized spacial score (nSPS) is 10.8. The summed E-state index contributed by atoms with van der Waals surface area (Å²) in [6.45, 7) is 1.85. The zero-order valence-corrected chi connectivity index (χ0v) is 11.0. The van der Waals surface area contributed by atoms with Crippen LogP contribution in [0.5, 0.6) is 5.75 Å². The lowest BCUT2D eigenvalue weighted by atomic mass is 10.1. The molecule has 1 N–H and O–H groups in total. The second-order valence-electron chi connectivity index (χ2n) is 4.60. The van der Waals surface area contributed by atoms with Crippen molar-refractivity contribution in [2.24, 2.45) is 0 Å². The van der Waals surface area contributed by atoms with Gasteiger partial charge in [-0.05, 0) is 31.2 Å². The minimum atomic E-state index is -0.727. The summed E-state index contributed by atoms with van der Waals surface area (Å²) in [6.07, 6.45) is 0. The number of halogens is 2. The third-order valence-electron chi connectivity index (χ3n) is 2.93. The molecular weight excluding hydrogens is 278 g/mol. The van der Waals surface area contributed by atoms with E-state index in [1.54, 1.807) is 12.1 Å². The van der Waals surface area contributed by atoms with Gasteiger partial charge in [0.1, 0.15) is 17.4 Å². The SMILES string of the molecule is Cc1ccc(O)c(-c2nc(-c3cc(F)cc(F)c3)no2)c1. The van der Waals surface area contributed by atoms with E-state index >= 15 is 0 Å². The summed E-state index contributed by atoms with van der Waals surface area (Å²) in [4.78, 5) is 4.06. The molecule has 0 atom stereocenters. The van der Waals surface area contributed by atoms with Crippen LogP contribution in [0.25, 0.3) is 22.8 Å². The number of phenols is 1. The molecule has 0 amide bonds. The number of aromatic nitrogens is 2. The van der Waals surface area contributed by atoms with E-state index in [-0.39, 0.29) is 23.0 Å². The number of phenolic OH excluding ortho intramolecular Hbond substituents is 1. The first-order valence-electron chi connectivity index (χ1n) is 6.13. The van der Waals surface area contributed by atoms with E-state index in [0.717, 1.165) is 23.8 Å². The first kappa shape index (κ1) is 13.2. The van der Waals surface area contributed by atoms with Crippen LogP contribution in [0.3, 0.4) is 0 Å². The van der Waals surface area contributed by atoms with Crippen molar-refractivity contribution in [2.75, 3.05) is 0 Å². The highest BCUT2D eigenvalue weighted by Crippen LogP contribution is 2.30. The van der Waals surface area contributed by atoms with Gasteiger partial charge in [-0.3, -0.25) is 0 Å². The number of rotatable bonds is 2. The molecular formula is C15H10F2N2O2. The second-order valence-corrected chi connectivity index (χ2v) is 4.60. The first-order chi connectivity index (χ1) is 10.0. The van der Waals surface area contributed by atoms with Gasteiger partial charge in [0.2, 0.25) is 5.82 Å². The summed E-state index contributed by atoms with van der Waals surface area (Å²) >= 11 is 0. The maximum Gasteiger partial charge on any atom is 0.262 e. The molecule has 2 aromatic carbocycles. The van der Waals surface area contributed by atoms with E-state index < -0.39 is 11.6 Å². The maximum absolute atomic E-state index is 13.2. The van der Waals surface area contributed by atoms with Crippen LogP contribution in [0.2, 0.25) is 0 Å². The minimum absolute atomic E-state index is 0.0128. The van der Waals surface area contributed by atoms with Crippen LogP contribution in [0.1, 0.15) is 5.56 Å². The fourth-order valence-electron chi connectivity index (χ4n) is 1.95. The summed E-state index contributed by atoms with van der Waals surface area (Å²) in [7, 11) is 0. The molecule has 1 heterocycles. The molecule has 3 rings (SSSR count). The third-order valence-corrected chi connectivity index (χ3v) is 2.93. The van der Waals surface area contributed by atoms with E-state index in [0.29, 0.717) is 5.56 Å². The van der Waals surface area contributed by atoms with Crippen LogP contribution < -0.4 is 0 Å². The number of benzene rings is 2. The average Bonchev–Trinajstić information content (AvgIpc) is 2.90. The predicted molar refractivity (Wildman–Crippen MR) is 71.5 cm³/mol. The van der Waals surface area contributed by atoms with Crippen molar-refractivity contribution >= 4 is 0 Å².